The maximum Gasteiger partial charge on any atom is 0.287 e. The summed E-state index contributed by atoms with van der Waals surface area (Å²) in [5.74, 6) is 0.306. The molecule has 0 radical (unpaired) electrons. The van der Waals surface area contributed by atoms with Crippen LogP contribution in [-0.2, 0) is 11.3 Å². The van der Waals surface area contributed by atoms with Gasteiger partial charge in [-0.1, -0.05) is 40.6 Å². The zero-order valence-electron chi connectivity index (χ0n) is 16.2. The molecule has 0 fully saturated rings. The summed E-state index contributed by atoms with van der Waals surface area (Å²) < 4.78 is 18.8. The Balaban J connectivity index is 2.18. The number of ether oxygens (including phenoxy) is 3. The molecule has 0 unspecified atom stereocenters. The monoisotopic (exact) mass is 454 g/mol. The van der Waals surface area contributed by atoms with Gasteiger partial charge in [-0.05, 0) is 31.2 Å². The average molecular weight is 455 g/mol. The molecule has 1 amide bonds. The third-order valence-electron chi connectivity index (χ3n) is 4.20. The van der Waals surface area contributed by atoms with Crippen molar-refractivity contribution in [3.63, 3.8) is 0 Å². The van der Waals surface area contributed by atoms with Crippen molar-refractivity contribution >= 4 is 50.7 Å². The first-order valence-electron chi connectivity index (χ1n) is 8.86. The number of thiazole rings is 1. The van der Waals surface area contributed by atoms with E-state index in [0.717, 1.165) is 10.2 Å². The first-order valence-corrected chi connectivity index (χ1v) is 10.4. The number of aromatic nitrogens is 1. The van der Waals surface area contributed by atoms with Crippen LogP contribution < -0.4 is 14.3 Å². The van der Waals surface area contributed by atoms with E-state index in [2.05, 4.69) is 4.99 Å². The van der Waals surface area contributed by atoms with Crippen LogP contribution >= 0.6 is 34.5 Å². The van der Waals surface area contributed by atoms with Crippen LogP contribution in [0.5, 0.6) is 11.5 Å². The van der Waals surface area contributed by atoms with E-state index in [0.29, 0.717) is 46.1 Å². The number of hydrogen-bond acceptors (Lipinski definition) is 5. The molecule has 154 valence electrons. The van der Waals surface area contributed by atoms with Crippen LogP contribution in [0.25, 0.3) is 10.2 Å². The van der Waals surface area contributed by atoms with Crippen LogP contribution in [0.2, 0.25) is 10.0 Å². The van der Waals surface area contributed by atoms with Gasteiger partial charge in [0.05, 0.1) is 36.1 Å². The number of rotatable bonds is 7. The normalized spacial score (nSPS) is 11.8. The van der Waals surface area contributed by atoms with Gasteiger partial charge in [-0.25, -0.2) is 0 Å². The molecule has 0 aliphatic heterocycles. The second-order valence-electron chi connectivity index (χ2n) is 5.92. The summed E-state index contributed by atoms with van der Waals surface area (Å²) >= 11 is 13.9. The van der Waals surface area contributed by atoms with Gasteiger partial charge in [0.15, 0.2) is 4.80 Å². The summed E-state index contributed by atoms with van der Waals surface area (Å²) in [6.45, 7) is 3.46. The SMILES string of the molecule is CCOCCn1c(=NC(=O)c2c(OC)cccc2OC)sc2cc(Cl)cc(Cl)c21. The van der Waals surface area contributed by atoms with Crippen LogP contribution in [0.15, 0.2) is 35.3 Å². The van der Waals surface area contributed by atoms with E-state index >= 15 is 0 Å². The van der Waals surface area contributed by atoms with Gasteiger partial charge in [0.1, 0.15) is 17.1 Å². The minimum Gasteiger partial charge on any atom is -0.496 e. The van der Waals surface area contributed by atoms with E-state index in [4.69, 9.17) is 37.4 Å². The van der Waals surface area contributed by atoms with Crippen LogP contribution in [0.1, 0.15) is 17.3 Å². The van der Waals surface area contributed by atoms with Crippen molar-refractivity contribution in [2.24, 2.45) is 4.99 Å². The number of nitrogens with zero attached hydrogens (tertiary/aromatic N) is 2. The van der Waals surface area contributed by atoms with Crippen molar-refractivity contribution in [1.82, 2.24) is 4.57 Å². The van der Waals surface area contributed by atoms with E-state index in [9.17, 15) is 4.79 Å². The van der Waals surface area contributed by atoms with Gasteiger partial charge in [0.25, 0.3) is 5.91 Å². The van der Waals surface area contributed by atoms with Gasteiger partial charge < -0.3 is 18.8 Å². The Labute approximate surface area is 182 Å². The number of amides is 1. The Morgan fingerprint density at radius 2 is 1.86 bits per heavy atom. The van der Waals surface area contributed by atoms with Crippen LogP contribution in [-0.4, -0.2) is 37.9 Å². The van der Waals surface area contributed by atoms with Gasteiger partial charge in [0.2, 0.25) is 0 Å². The van der Waals surface area contributed by atoms with E-state index in [1.165, 1.54) is 25.6 Å². The van der Waals surface area contributed by atoms with Crippen molar-refractivity contribution in [2.45, 2.75) is 13.5 Å². The van der Waals surface area contributed by atoms with Gasteiger partial charge in [-0.2, -0.15) is 4.99 Å². The van der Waals surface area contributed by atoms with E-state index in [1.807, 2.05) is 11.5 Å². The fraction of sp³-hybridized carbons (Fsp3) is 0.300. The predicted octanol–water partition coefficient (Wildman–Crippen LogP) is 4.80. The Morgan fingerprint density at radius 3 is 2.48 bits per heavy atom. The van der Waals surface area contributed by atoms with Crippen molar-refractivity contribution in [3.05, 3.63) is 50.7 Å². The van der Waals surface area contributed by atoms with Gasteiger partial charge in [-0.15, -0.1) is 0 Å². The molecule has 29 heavy (non-hydrogen) atoms. The number of carbonyl (C=O) groups excluding carboxylic acids is 1. The Morgan fingerprint density at radius 1 is 1.17 bits per heavy atom. The number of benzene rings is 2. The van der Waals surface area contributed by atoms with Crippen molar-refractivity contribution < 1.29 is 19.0 Å². The molecular weight excluding hydrogens is 435 g/mol. The maximum absolute atomic E-state index is 13.1. The van der Waals surface area contributed by atoms with E-state index in [1.54, 1.807) is 30.3 Å². The molecule has 1 heterocycles. The number of methoxy groups -OCH3 is 2. The predicted molar refractivity (Wildman–Crippen MR) is 116 cm³/mol. The minimum atomic E-state index is -0.474. The second-order valence-corrected chi connectivity index (χ2v) is 7.77. The lowest BCUT2D eigenvalue weighted by atomic mass is 10.1. The highest BCUT2D eigenvalue weighted by Gasteiger charge is 2.19. The molecule has 2 aromatic carbocycles. The zero-order valence-corrected chi connectivity index (χ0v) is 18.5. The van der Waals surface area contributed by atoms with E-state index in [-0.39, 0.29) is 5.56 Å². The Kier molecular flexibility index (Phi) is 7.18. The standard InChI is InChI=1S/C20H20Cl2N2O4S/c1-4-28-9-8-24-18-13(22)10-12(21)11-16(18)29-20(24)23-19(25)17-14(26-2)6-5-7-15(17)27-3/h5-7,10-11H,4,8-9H2,1-3H3. The summed E-state index contributed by atoms with van der Waals surface area (Å²) in [5.41, 5.74) is 1.02. The van der Waals surface area contributed by atoms with Crippen LogP contribution in [0, 0.1) is 0 Å². The maximum atomic E-state index is 13.1. The topological polar surface area (TPSA) is 62.1 Å². The highest BCUT2D eigenvalue weighted by Crippen LogP contribution is 2.31. The molecule has 3 aromatic rings. The quantitative estimate of drug-likeness (QED) is 0.480. The van der Waals surface area contributed by atoms with Gasteiger partial charge in [0, 0.05) is 18.2 Å². The number of fused-ring (bicyclic) bond motifs is 1. The molecule has 0 aliphatic carbocycles. The summed E-state index contributed by atoms with van der Waals surface area (Å²) in [7, 11) is 2.99. The Bertz CT molecular complexity index is 1090. The smallest absolute Gasteiger partial charge is 0.287 e. The highest BCUT2D eigenvalue weighted by atomic mass is 35.5. The molecule has 3 rings (SSSR count). The Hall–Kier alpha value is -2.06. The zero-order chi connectivity index (χ0) is 21.0. The lowest BCUT2D eigenvalue weighted by Crippen LogP contribution is -2.20. The third kappa shape index (κ3) is 4.59. The van der Waals surface area contributed by atoms with Crippen molar-refractivity contribution in [1.29, 1.82) is 0 Å². The summed E-state index contributed by atoms with van der Waals surface area (Å²) in [6, 6.07) is 8.60. The molecule has 9 heteroatoms. The molecule has 0 spiro atoms. The van der Waals surface area contributed by atoms with Crippen molar-refractivity contribution in [2.75, 3.05) is 27.4 Å². The molecule has 1 aromatic heterocycles. The van der Waals surface area contributed by atoms with E-state index < -0.39 is 5.91 Å². The minimum absolute atomic E-state index is 0.260. The lowest BCUT2D eigenvalue weighted by Gasteiger charge is -2.10. The molecule has 0 saturated heterocycles. The van der Waals surface area contributed by atoms with Gasteiger partial charge in [-0.3, -0.25) is 4.79 Å². The largest absolute Gasteiger partial charge is 0.496 e. The average Bonchev–Trinajstić information content (AvgIpc) is 3.04. The number of carbonyl (C=O) groups is 1. The molecule has 6 nitrogen and oxygen atoms in total. The fourth-order valence-corrected chi connectivity index (χ4v) is 4.76. The third-order valence-corrected chi connectivity index (χ3v) is 5.73. The fourth-order valence-electron chi connectivity index (χ4n) is 2.93. The first kappa shape index (κ1) is 21.6. The molecular formula is C20H20Cl2N2O4S. The molecule has 0 aliphatic rings. The molecule has 0 atom stereocenters. The van der Waals surface area contributed by atoms with Gasteiger partial charge >= 0.3 is 0 Å². The molecule has 0 saturated carbocycles. The second kappa shape index (κ2) is 9.63. The van der Waals surface area contributed by atoms with Crippen LogP contribution in [0.3, 0.4) is 0 Å². The number of halogens is 2. The summed E-state index contributed by atoms with van der Waals surface area (Å²) in [5, 5.41) is 1.01. The van der Waals surface area contributed by atoms with Crippen LogP contribution in [0.4, 0.5) is 0 Å². The highest BCUT2D eigenvalue weighted by molar-refractivity contribution is 7.16. The van der Waals surface area contributed by atoms with Crippen molar-refractivity contribution in [3.8, 4) is 11.5 Å². The summed E-state index contributed by atoms with van der Waals surface area (Å²) in [6.07, 6.45) is 0. The molecule has 0 bridgehead atoms. The summed E-state index contributed by atoms with van der Waals surface area (Å²) in [4.78, 5) is 17.9. The molecule has 0 N–H and O–H groups in total. The number of hydrogen-bond donors (Lipinski definition) is 0. The first-order chi connectivity index (χ1) is 14.0. The lowest BCUT2D eigenvalue weighted by molar-refractivity contribution is 0.0990.